The number of amides is 1. The van der Waals surface area contributed by atoms with Crippen molar-refractivity contribution in [2.75, 3.05) is 5.75 Å². The second kappa shape index (κ2) is 12.3. The van der Waals surface area contributed by atoms with E-state index in [0.717, 1.165) is 34.4 Å². The Morgan fingerprint density at radius 2 is 1.87 bits per heavy atom. The van der Waals surface area contributed by atoms with Crippen LogP contribution in [0, 0.1) is 13.8 Å². The van der Waals surface area contributed by atoms with Gasteiger partial charge in [-0.1, -0.05) is 67.9 Å². The van der Waals surface area contributed by atoms with Gasteiger partial charge in [-0.05, 0) is 61.2 Å². The number of nitrogens with zero attached hydrogens (tertiary/aromatic N) is 4. The molecule has 4 rings (SSSR count). The van der Waals surface area contributed by atoms with Gasteiger partial charge >= 0.3 is 0 Å². The van der Waals surface area contributed by atoms with Crippen LogP contribution in [0.3, 0.4) is 0 Å². The zero-order valence-electron chi connectivity index (χ0n) is 22.3. The Balaban J connectivity index is 1.28. The van der Waals surface area contributed by atoms with Crippen LogP contribution < -0.4 is 10.2 Å². The number of aromatic nitrogens is 3. The molecule has 0 saturated heterocycles. The summed E-state index contributed by atoms with van der Waals surface area (Å²) in [6.45, 7) is 10.7. The molecule has 1 N–H and O–H groups in total. The Kier molecular flexibility index (Phi) is 9.04. The first kappa shape index (κ1) is 28.7. The average Bonchev–Trinajstić information content (AvgIpc) is 3.45. The summed E-state index contributed by atoms with van der Waals surface area (Å²) >= 11 is 13.1. The zero-order valence-corrected chi connectivity index (χ0v) is 24.6. The molecule has 0 fully saturated rings. The van der Waals surface area contributed by atoms with Gasteiger partial charge in [-0.2, -0.15) is 5.10 Å². The van der Waals surface area contributed by atoms with Crippen molar-refractivity contribution in [3.05, 3.63) is 87.0 Å². The van der Waals surface area contributed by atoms with Crippen molar-refractivity contribution in [3.63, 3.8) is 0 Å². The lowest BCUT2D eigenvalue weighted by Gasteiger charge is -2.20. The van der Waals surface area contributed by atoms with Gasteiger partial charge in [0.25, 0.3) is 17.0 Å². The minimum absolute atomic E-state index is 0.0323. The predicted molar refractivity (Wildman–Crippen MR) is 155 cm³/mol. The van der Waals surface area contributed by atoms with Crippen LogP contribution in [0.2, 0.25) is 10.0 Å². The molecule has 0 aliphatic heterocycles. The smallest absolute Gasteiger partial charge is 0.277 e. The largest absolute Gasteiger partial charge is 0.482 e. The summed E-state index contributed by atoms with van der Waals surface area (Å²) in [5, 5.41) is 13.1. The van der Waals surface area contributed by atoms with Gasteiger partial charge in [0.15, 0.2) is 6.61 Å². The van der Waals surface area contributed by atoms with Gasteiger partial charge in [-0.25, -0.2) is 5.43 Å². The van der Waals surface area contributed by atoms with E-state index in [2.05, 4.69) is 70.3 Å². The molecule has 11 heteroatoms. The fourth-order valence-electron chi connectivity index (χ4n) is 3.85. The lowest BCUT2D eigenvalue weighted by atomic mass is 9.87. The third kappa shape index (κ3) is 7.44. The summed E-state index contributed by atoms with van der Waals surface area (Å²) in [5.74, 6) is 0.462. The highest BCUT2D eigenvalue weighted by Gasteiger charge is 2.15. The fourth-order valence-corrected chi connectivity index (χ4v) is 4.88. The molecule has 1 amide bonds. The van der Waals surface area contributed by atoms with E-state index in [9.17, 15) is 4.79 Å². The number of thioether (sulfide) groups is 1. The lowest BCUT2D eigenvalue weighted by molar-refractivity contribution is -0.118. The zero-order chi connectivity index (χ0) is 28.2. The monoisotopic (exact) mass is 585 g/mol. The molecule has 0 aliphatic rings. The van der Waals surface area contributed by atoms with E-state index in [-0.39, 0.29) is 34.8 Å². The van der Waals surface area contributed by atoms with Gasteiger partial charge in [-0.15, -0.1) is 10.2 Å². The molecule has 0 radical (unpaired) electrons. The highest BCUT2D eigenvalue weighted by molar-refractivity contribution is 7.99. The number of benzene rings is 2. The quantitative estimate of drug-likeness (QED) is 0.130. The summed E-state index contributed by atoms with van der Waals surface area (Å²) in [6.07, 6.45) is 1.65. The molecule has 0 aliphatic carbocycles. The van der Waals surface area contributed by atoms with Crippen LogP contribution in [0.5, 0.6) is 5.75 Å². The Morgan fingerprint density at radius 3 is 2.56 bits per heavy atom. The van der Waals surface area contributed by atoms with Crippen LogP contribution in [0.25, 0.3) is 5.69 Å². The topological polar surface area (TPSA) is 94.5 Å². The second-order valence-corrected chi connectivity index (χ2v) is 11.6. The Labute approximate surface area is 241 Å². The second-order valence-electron chi connectivity index (χ2n) is 9.87. The number of halogens is 2. The number of nitrogens with one attached hydrogen (secondary N) is 1. The highest BCUT2D eigenvalue weighted by atomic mass is 35.5. The number of hydrazone groups is 1. The van der Waals surface area contributed by atoms with Crippen LogP contribution in [0.15, 0.2) is 63.3 Å². The normalized spacial score (nSPS) is 11.8. The molecule has 39 heavy (non-hydrogen) atoms. The SMILES string of the molecule is Cc1cc(/C=N\NC(=O)CSc2nnc(COc3ccc(Cl)cc3Cl)o2)c(C)n1-c1ccc(C(C)(C)C)cc1. The molecule has 0 atom stereocenters. The summed E-state index contributed by atoms with van der Waals surface area (Å²) < 4.78 is 13.3. The van der Waals surface area contributed by atoms with Crippen molar-refractivity contribution >= 4 is 47.1 Å². The molecular formula is C28H29Cl2N5O3S. The van der Waals surface area contributed by atoms with E-state index in [4.69, 9.17) is 32.4 Å². The predicted octanol–water partition coefficient (Wildman–Crippen LogP) is 6.90. The molecule has 4 aromatic rings. The van der Waals surface area contributed by atoms with E-state index in [1.807, 2.05) is 19.9 Å². The molecule has 0 unspecified atom stereocenters. The van der Waals surface area contributed by atoms with Gasteiger partial charge < -0.3 is 13.7 Å². The highest BCUT2D eigenvalue weighted by Crippen LogP contribution is 2.28. The molecule has 2 aromatic heterocycles. The van der Waals surface area contributed by atoms with E-state index in [0.29, 0.717) is 15.8 Å². The number of ether oxygens (including phenoxy) is 1. The van der Waals surface area contributed by atoms with Crippen LogP contribution in [-0.2, 0) is 16.8 Å². The van der Waals surface area contributed by atoms with Gasteiger partial charge in [0.2, 0.25) is 0 Å². The number of rotatable bonds is 9. The fraction of sp³-hybridized carbons (Fsp3) is 0.286. The van der Waals surface area contributed by atoms with Crippen LogP contribution in [0.1, 0.15) is 49.2 Å². The third-order valence-electron chi connectivity index (χ3n) is 5.87. The van der Waals surface area contributed by atoms with E-state index in [1.165, 1.54) is 5.56 Å². The van der Waals surface area contributed by atoms with Crippen molar-refractivity contribution < 1.29 is 13.9 Å². The van der Waals surface area contributed by atoms with E-state index in [1.54, 1.807) is 24.4 Å². The number of hydrogen-bond donors (Lipinski definition) is 1. The van der Waals surface area contributed by atoms with Crippen LogP contribution >= 0.6 is 35.0 Å². The number of carbonyl (C=O) groups is 1. The van der Waals surface area contributed by atoms with Crippen molar-refractivity contribution in [3.8, 4) is 11.4 Å². The summed E-state index contributed by atoms with van der Waals surface area (Å²) in [5.41, 5.74) is 8.04. The van der Waals surface area contributed by atoms with Gasteiger partial charge in [0, 0.05) is 27.7 Å². The number of carbonyl (C=O) groups excluding carboxylic acids is 1. The molecule has 8 nitrogen and oxygen atoms in total. The first-order valence-corrected chi connectivity index (χ1v) is 13.9. The number of hydrogen-bond acceptors (Lipinski definition) is 7. The van der Waals surface area contributed by atoms with Crippen molar-refractivity contribution in [1.82, 2.24) is 20.2 Å². The summed E-state index contributed by atoms with van der Waals surface area (Å²) in [6, 6.07) is 15.5. The standard InChI is InChI=1S/C28H29Cl2N5O3S/c1-17-12-19(18(2)35(17)22-9-6-20(7-10-22)28(3,4)5)14-31-32-25(36)16-39-27-34-33-26(38-27)15-37-24-11-8-21(29)13-23(24)30/h6-14H,15-16H2,1-5H3,(H,32,36)/b31-14-. The summed E-state index contributed by atoms with van der Waals surface area (Å²) in [4.78, 5) is 12.3. The van der Waals surface area contributed by atoms with E-state index >= 15 is 0 Å². The maximum atomic E-state index is 12.3. The molecule has 2 heterocycles. The maximum absolute atomic E-state index is 12.3. The van der Waals surface area contributed by atoms with Gasteiger partial charge in [-0.3, -0.25) is 4.79 Å². The van der Waals surface area contributed by atoms with Crippen LogP contribution in [0.4, 0.5) is 0 Å². The molecule has 0 spiro atoms. The van der Waals surface area contributed by atoms with Gasteiger partial charge in [0.05, 0.1) is 17.0 Å². The van der Waals surface area contributed by atoms with Crippen LogP contribution in [-0.4, -0.2) is 32.6 Å². The molecular weight excluding hydrogens is 557 g/mol. The minimum Gasteiger partial charge on any atom is -0.482 e. The van der Waals surface area contributed by atoms with E-state index < -0.39 is 0 Å². The number of aryl methyl sites for hydroxylation is 1. The lowest BCUT2D eigenvalue weighted by Crippen LogP contribution is -2.19. The third-order valence-corrected chi connectivity index (χ3v) is 7.22. The molecule has 2 aromatic carbocycles. The van der Waals surface area contributed by atoms with Gasteiger partial charge in [0.1, 0.15) is 5.75 Å². The first-order chi connectivity index (χ1) is 18.5. The van der Waals surface area contributed by atoms with Crippen molar-refractivity contribution in [1.29, 1.82) is 0 Å². The van der Waals surface area contributed by atoms with Crippen molar-refractivity contribution in [2.45, 2.75) is 51.9 Å². The van der Waals surface area contributed by atoms with Crippen molar-refractivity contribution in [2.24, 2.45) is 5.10 Å². The Bertz CT molecular complexity index is 1490. The maximum Gasteiger partial charge on any atom is 0.277 e. The minimum atomic E-state index is -0.299. The molecule has 0 bridgehead atoms. The first-order valence-electron chi connectivity index (χ1n) is 12.2. The Morgan fingerprint density at radius 1 is 1.13 bits per heavy atom. The summed E-state index contributed by atoms with van der Waals surface area (Å²) in [7, 11) is 0. The Hall–Kier alpha value is -3.27. The molecule has 0 saturated carbocycles. The average molecular weight is 587 g/mol. The molecule has 204 valence electrons.